The predicted octanol–water partition coefficient (Wildman–Crippen LogP) is 4.13. The van der Waals surface area contributed by atoms with Crippen molar-refractivity contribution >= 4 is 23.5 Å². The van der Waals surface area contributed by atoms with Crippen molar-refractivity contribution in [3.8, 4) is 11.4 Å². The van der Waals surface area contributed by atoms with Crippen LogP contribution in [0.5, 0.6) is 0 Å². The summed E-state index contributed by atoms with van der Waals surface area (Å²) in [5, 5.41) is 7.22. The number of thioether (sulfide) groups is 1. The Balaban J connectivity index is 1.75. The maximum absolute atomic E-state index is 12.9. The van der Waals surface area contributed by atoms with Crippen molar-refractivity contribution in [2.75, 3.05) is 7.11 Å². The number of nitrogens with zero attached hydrogens (tertiary/aromatic N) is 2. The standard InChI is InChI=1S/C21H24N4O3S/c1-6-14-7-9-15(10-8-14)19-23-21(25-24-19)29-13(4)18(26)17-11(2)16(12(3)22-17)20(27)28-5/h7-10,13,22H,6H2,1-5H3,(H,23,24,25)/t13-/m0/s1. The SMILES string of the molecule is CCc1ccc(-c2nc(S[C@@H](C)C(=O)c3[nH]c(C)c(C(=O)OC)c3C)n[nH]2)cc1. The number of methoxy groups -OCH3 is 1. The van der Waals surface area contributed by atoms with Gasteiger partial charge in [0.1, 0.15) is 0 Å². The molecule has 0 amide bonds. The van der Waals surface area contributed by atoms with Gasteiger partial charge in [-0.25, -0.2) is 9.78 Å². The molecule has 0 radical (unpaired) electrons. The summed E-state index contributed by atoms with van der Waals surface area (Å²) in [6, 6.07) is 8.13. The maximum atomic E-state index is 12.9. The van der Waals surface area contributed by atoms with Crippen molar-refractivity contribution in [2.45, 2.75) is 44.5 Å². The van der Waals surface area contributed by atoms with E-state index in [-0.39, 0.29) is 5.78 Å². The minimum absolute atomic E-state index is 0.121. The number of carbonyl (C=O) groups excluding carboxylic acids is 2. The zero-order valence-electron chi connectivity index (χ0n) is 17.1. The van der Waals surface area contributed by atoms with Crippen LogP contribution in [0.3, 0.4) is 0 Å². The van der Waals surface area contributed by atoms with Crippen molar-refractivity contribution in [1.29, 1.82) is 0 Å². The van der Waals surface area contributed by atoms with Crippen molar-refractivity contribution in [3.63, 3.8) is 0 Å². The van der Waals surface area contributed by atoms with E-state index in [2.05, 4.69) is 39.2 Å². The third-order valence-electron chi connectivity index (χ3n) is 4.83. The lowest BCUT2D eigenvalue weighted by atomic mass is 10.1. The summed E-state index contributed by atoms with van der Waals surface area (Å²) in [6.45, 7) is 7.40. The van der Waals surface area contributed by atoms with E-state index in [1.165, 1.54) is 24.4 Å². The Morgan fingerprint density at radius 3 is 2.52 bits per heavy atom. The second kappa shape index (κ2) is 8.65. The van der Waals surface area contributed by atoms with Crippen LogP contribution in [0, 0.1) is 13.8 Å². The summed E-state index contributed by atoms with van der Waals surface area (Å²) in [5.41, 5.74) is 4.23. The molecule has 29 heavy (non-hydrogen) atoms. The number of benzene rings is 1. The van der Waals surface area contributed by atoms with Crippen LogP contribution < -0.4 is 0 Å². The zero-order valence-corrected chi connectivity index (χ0v) is 17.9. The molecular formula is C21H24N4O3S. The average Bonchev–Trinajstić information content (AvgIpc) is 3.31. The molecule has 2 heterocycles. The van der Waals surface area contributed by atoms with Crippen molar-refractivity contribution in [3.05, 3.63) is 52.3 Å². The van der Waals surface area contributed by atoms with Crippen molar-refractivity contribution in [1.82, 2.24) is 20.2 Å². The zero-order chi connectivity index (χ0) is 21.1. The van der Waals surface area contributed by atoms with Crippen LogP contribution in [0.4, 0.5) is 0 Å². The average molecular weight is 413 g/mol. The van der Waals surface area contributed by atoms with E-state index in [0.717, 1.165) is 12.0 Å². The number of hydrogen-bond donors (Lipinski definition) is 2. The van der Waals surface area contributed by atoms with Crippen molar-refractivity contribution < 1.29 is 14.3 Å². The highest BCUT2D eigenvalue weighted by Crippen LogP contribution is 2.27. The molecule has 0 bridgehead atoms. The van der Waals surface area contributed by atoms with Gasteiger partial charge in [-0.15, -0.1) is 5.10 Å². The fraction of sp³-hybridized carbons (Fsp3) is 0.333. The minimum atomic E-state index is -0.455. The first-order chi connectivity index (χ1) is 13.8. The van der Waals surface area contributed by atoms with Gasteiger partial charge in [0.25, 0.3) is 0 Å². The molecule has 0 aliphatic heterocycles. The number of carbonyl (C=O) groups is 2. The molecule has 0 saturated carbocycles. The lowest BCUT2D eigenvalue weighted by molar-refractivity contribution is 0.0599. The Hall–Kier alpha value is -2.87. The number of aromatic amines is 2. The highest BCUT2D eigenvalue weighted by atomic mass is 32.2. The van der Waals surface area contributed by atoms with Crippen LogP contribution in [-0.4, -0.2) is 44.3 Å². The van der Waals surface area contributed by atoms with Gasteiger partial charge in [-0.1, -0.05) is 43.0 Å². The van der Waals surface area contributed by atoms with Gasteiger partial charge in [-0.05, 0) is 38.3 Å². The molecule has 0 unspecified atom stereocenters. The summed E-state index contributed by atoms with van der Waals surface area (Å²) in [5.74, 6) is 0.0855. The van der Waals surface area contributed by atoms with E-state index in [1.54, 1.807) is 20.8 Å². The summed E-state index contributed by atoms with van der Waals surface area (Å²) in [4.78, 5) is 32.4. The monoisotopic (exact) mass is 412 g/mol. The van der Waals surface area contributed by atoms with Gasteiger partial charge in [-0.3, -0.25) is 9.89 Å². The Morgan fingerprint density at radius 2 is 1.90 bits per heavy atom. The molecule has 1 aromatic carbocycles. The molecule has 152 valence electrons. The molecule has 0 aliphatic rings. The lowest BCUT2D eigenvalue weighted by Crippen LogP contribution is -2.15. The van der Waals surface area contributed by atoms with E-state index in [0.29, 0.717) is 33.5 Å². The number of ether oxygens (including phenoxy) is 1. The van der Waals surface area contributed by atoms with Gasteiger partial charge >= 0.3 is 5.97 Å². The molecule has 1 atom stereocenters. The number of Topliss-reactive ketones (excluding diaryl/α,β-unsaturated/α-hetero) is 1. The molecule has 0 aliphatic carbocycles. The summed E-state index contributed by atoms with van der Waals surface area (Å²) >= 11 is 1.27. The third kappa shape index (κ3) is 4.27. The largest absolute Gasteiger partial charge is 0.465 e. The fourth-order valence-corrected chi connectivity index (χ4v) is 3.93. The van der Waals surface area contributed by atoms with Crippen molar-refractivity contribution in [2.24, 2.45) is 0 Å². The van der Waals surface area contributed by atoms with E-state index in [9.17, 15) is 9.59 Å². The molecule has 7 nitrogen and oxygen atoms in total. The lowest BCUT2D eigenvalue weighted by Gasteiger charge is -2.07. The molecule has 0 spiro atoms. The van der Waals surface area contributed by atoms with E-state index in [4.69, 9.17) is 4.74 Å². The molecule has 8 heteroatoms. The molecule has 0 fully saturated rings. The number of ketones is 1. The first-order valence-electron chi connectivity index (χ1n) is 9.35. The summed E-state index contributed by atoms with van der Waals surface area (Å²) in [7, 11) is 1.32. The second-order valence-electron chi connectivity index (χ2n) is 6.76. The molecule has 3 aromatic rings. The Labute approximate surface area is 173 Å². The van der Waals surface area contributed by atoms with Gasteiger partial charge < -0.3 is 9.72 Å². The number of hydrogen-bond acceptors (Lipinski definition) is 6. The van der Waals surface area contributed by atoms with Crippen LogP contribution in [0.25, 0.3) is 11.4 Å². The van der Waals surface area contributed by atoms with Gasteiger partial charge in [0, 0.05) is 11.3 Å². The first-order valence-corrected chi connectivity index (χ1v) is 10.2. The van der Waals surface area contributed by atoms with Gasteiger partial charge in [0.2, 0.25) is 5.16 Å². The number of rotatable bonds is 7. The quantitative estimate of drug-likeness (QED) is 0.344. The number of nitrogens with one attached hydrogen (secondary N) is 2. The Kier molecular flexibility index (Phi) is 6.22. The van der Waals surface area contributed by atoms with Crippen LogP contribution >= 0.6 is 11.8 Å². The van der Waals surface area contributed by atoms with E-state index >= 15 is 0 Å². The maximum Gasteiger partial charge on any atom is 0.339 e. The minimum Gasteiger partial charge on any atom is -0.465 e. The fourth-order valence-electron chi connectivity index (χ4n) is 3.15. The van der Waals surface area contributed by atoms with Crippen LogP contribution in [-0.2, 0) is 11.2 Å². The first kappa shape index (κ1) is 20.9. The van der Waals surface area contributed by atoms with Gasteiger partial charge in [0.05, 0.1) is 23.6 Å². The normalized spacial score (nSPS) is 12.0. The van der Waals surface area contributed by atoms with Gasteiger partial charge in [0.15, 0.2) is 11.6 Å². The predicted molar refractivity (Wildman–Crippen MR) is 112 cm³/mol. The topological polar surface area (TPSA) is 101 Å². The molecular weight excluding hydrogens is 388 g/mol. The Bertz CT molecular complexity index is 1040. The number of aryl methyl sites for hydroxylation is 2. The van der Waals surface area contributed by atoms with Crippen LogP contribution in [0.15, 0.2) is 29.4 Å². The number of aromatic nitrogens is 4. The number of esters is 1. The smallest absolute Gasteiger partial charge is 0.339 e. The highest BCUT2D eigenvalue weighted by Gasteiger charge is 2.26. The molecule has 2 aromatic heterocycles. The molecule has 3 rings (SSSR count). The van der Waals surface area contributed by atoms with Crippen LogP contribution in [0.2, 0.25) is 0 Å². The second-order valence-corrected chi connectivity index (χ2v) is 8.07. The Morgan fingerprint density at radius 1 is 1.21 bits per heavy atom. The van der Waals surface area contributed by atoms with E-state index < -0.39 is 11.2 Å². The third-order valence-corrected chi connectivity index (χ3v) is 5.79. The highest BCUT2D eigenvalue weighted by molar-refractivity contribution is 8.00. The summed E-state index contributed by atoms with van der Waals surface area (Å²) < 4.78 is 4.81. The van der Waals surface area contributed by atoms with Gasteiger partial charge in [-0.2, -0.15) is 0 Å². The van der Waals surface area contributed by atoms with E-state index in [1.807, 2.05) is 12.1 Å². The summed E-state index contributed by atoms with van der Waals surface area (Å²) in [6.07, 6.45) is 0.979. The number of H-pyrrole nitrogens is 2. The molecule has 0 saturated heterocycles. The van der Waals surface area contributed by atoms with Crippen LogP contribution in [0.1, 0.15) is 51.5 Å². The molecule has 2 N–H and O–H groups in total.